The summed E-state index contributed by atoms with van der Waals surface area (Å²) in [6.07, 6.45) is 0.892. The maximum Gasteiger partial charge on any atom is 0.341 e. The average molecular weight is 335 g/mol. The molecule has 1 aromatic carbocycles. The van der Waals surface area contributed by atoms with Gasteiger partial charge in [0.15, 0.2) is 6.61 Å². The van der Waals surface area contributed by atoms with Gasteiger partial charge in [0, 0.05) is 39.2 Å². The number of ether oxygens (including phenoxy) is 1. The molecule has 1 saturated heterocycles. The molecule has 128 valence electrons. The van der Waals surface area contributed by atoms with E-state index in [-0.39, 0.29) is 17.2 Å². The van der Waals surface area contributed by atoms with Crippen molar-refractivity contribution < 1.29 is 24.0 Å². The van der Waals surface area contributed by atoms with Crippen LogP contribution < -0.4 is 4.90 Å². The minimum absolute atomic E-state index is 0.0188. The number of carbonyl (C=O) groups is 3. The summed E-state index contributed by atoms with van der Waals surface area (Å²) in [5, 5.41) is 10.9. The Morgan fingerprint density at radius 2 is 2.08 bits per heavy atom. The predicted molar refractivity (Wildman–Crippen MR) is 83.7 cm³/mol. The van der Waals surface area contributed by atoms with Gasteiger partial charge in [0.1, 0.15) is 0 Å². The summed E-state index contributed by atoms with van der Waals surface area (Å²) >= 11 is 0. The summed E-state index contributed by atoms with van der Waals surface area (Å²) < 4.78 is 4.94. The summed E-state index contributed by atoms with van der Waals surface area (Å²) in [5.41, 5.74) is 0.152. The van der Waals surface area contributed by atoms with E-state index in [9.17, 15) is 24.5 Å². The fraction of sp³-hybridized carbons (Fsp3) is 0.400. The maximum absolute atomic E-state index is 12.2. The number of hydrogen-bond acceptors (Lipinski definition) is 7. The van der Waals surface area contributed by atoms with Crippen molar-refractivity contribution in [1.29, 1.82) is 0 Å². The highest BCUT2D eigenvalue weighted by atomic mass is 16.6. The predicted octanol–water partition coefficient (Wildman–Crippen LogP) is 0.967. The molecule has 0 radical (unpaired) electrons. The molecule has 9 nitrogen and oxygen atoms in total. The Labute approximate surface area is 137 Å². The molecule has 0 bridgehead atoms. The second-order valence-corrected chi connectivity index (χ2v) is 5.47. The number of non-ortho nitro benzene ring substituents is 1. The fourth-order valence-corrected chi connectivity index (χ4v) is 2.39. The summed E-state index contributed by atoms with van der Waals surface area (Å²) in [6, 6.07) is 3.81. The molecule has 0 aliphatic carbocycles. The van der Waals surface area contributed by atoms with Gasteiger partial charge in [0.25, 0.3) is 11.6 Å². The van der Waals surface area contributed by atoms with Gasteiger partial charge in [-0.15, -0.1) is 0 Å². The number of benzene rings is 1. The van der Waals surface area contributed by atoms with Crippen molar-refractivity contribution in [2.45, 2.75) is 12.8 Å². The van der Waals surface area contributed by atoms with E-state index in [0.717, 1.165) is 11.0 Å². The van der Waals surface area contributed by atoms with Crippen LogP contribution in [-0.2, 0) is 14.3 Å². The van der Waals surface area contributed by atoms with Gasteiger partial charge in [-0.3, -0.25) is 24.6 Å². The van der Waals surface area contributed by atoms with Crippen molar-refractivity contribution in [3.8, 4) is 0 Å². The molecule has 24 heavy (non-hydrogen) atoms. The zero-order valence-corrected chi connectivity index (χ0v) is 13.4. The van der Waals surface area contributed by atoms with Crippen LogP contribution in [0.2, 0.25) is 0 Å². The highest BCUT2D eigenvalue weighted by Gasteiger charge is 2.27. The summed E-state index contributed by atoms with van der Waals surface area (Å²) in [7, 11) is 3.35. The third-order valence-corrected chi connectivity index (χ3v) is 3.59. The molecule has 1 heterocycles. The minimum Gasteiger partial charge on any atom is -0.452 e. The van der Waals surface area contributed by atoms with Gasteiger partial charge in [-0.05, 0) is 12.5 Å². The molecule has 1 aromatic rings. The Bertz CT molecular complexity index is 700. The third kappa shape index (κ3) is 3.67. The topological polar surface area (TPSA) is 110 Å². The minimum atomic E-state index is -0.859. The Morgan fingerprint density at radius 1 is 1.38 bits per heavy atom. The Morgan fingerprint density at radius 3 is 2.62 bits per heavy atom. The van der Waals surface area contributed by atoms with Crippen LogP contribution in [0.3, 0.4) is 0 Å². The van der Waals surface area contributed by atoms with E-state index in [1.165, 1.54) is 12.1 Å². The lowest BCUT2D eigenvalue weighted by atomic mass is 10.1. The zero-order chi connectivity index (χ0) is 17.9. The number of carbonyl (C=O) groups excluding carboxylic acids is 3. The number of nitrogens with zero attached hydrogens (tertiary/aromatic N) is 3. The average Bonchev–Trinajstić information content (AvgIpc) is 2.97. The number of rotatable bonds is 5. The van der Waals surface area contributed by atoms with E-state index in [1.54, 1.807) is 19.0 Å². The van der Waals surface area contributed by atoms with Crippen molar-refractivity contribution >= 4 is 29.2 Å². The molecular weight excluding hydrogens is 318 g/mol. The molecule has 9 heteroatoms. The van der Waals surface area contributed by atoms with Crippen molar-refractivity contribution in [2.75, 3.05) is 32.1 Å². The number of amides is 2. The molecule has 0 N–H and O–H groups in total. The molecule has 0 aromatic heterocycles. The van der Waals surface area contributed by atoms with Crippen molar-refractivity contribution in [2.24, 2.45) is 0 Å². The van der Waals surface area contributed by atoms with Crippen LogP contribution in [-0.4, -0.2) is 54.9 Å². The van der Waals surface area contributed by atoms with Crippen LogP contribution in [0.15, 0.2) is 18.2 Å². The molecule has 2 rings (SSSR count). The second-order valence-electron chi connectivity index (χ2n) is 5.47. The molecule has 0 spiro atoms. The lowest BCUT2D eigenvalue weighted by Crippen LogP contribution is -2.35. The van der Waals surface area contributed by atoms with Crippen molar-refractivity contribution in [3.05, 3.63) is 33.9 Å². The molecule has 1 aliphatic heterocycles. The molecule has 0 unspecified atom stereocenters. The SMILES string of the molecule is CN(C)c1ccc([N+](=O)[O-])cc1C(=O)OCC(=O)N1CCCC1=O. The van der Waals surface area contributed by atoms with E-state index in [2.05, 4.69) is 0 Å². The number of likely N-dealkylation sites (tertiary alicyclic amines) is 1. The third-order valence-electron chi connectivity index (χ3n) is 3.59. The Kier molecular flexibility index (Phi) is 5.12. The smallest absolute Gasteiger partial charge is 0.341 e. The monoisotopic (exact) mass is 335 g/mol. The van der Waals surface area contributed by atoms with Gasteiger partial charge in [-0.25, -0.2) is 4.79 Å². The standard InChI is InChI=1S/C15H17N3O6/c1-16(2)12-6-5-10(18(22)23)8-11(12)15(21)24-9-14(20)17-7-3-4-13(17)19/h5-6,8H,3-4,7,9H2,1-2H3. The van der Waals surface area contributed by atoms with E-state index in [0.29, 0.717) is 25.1 Å². The Balaban J connectivity index is 2.13. The van der Waals surface area contributed by atoms with Gasteiger partial charge in [-0.1, -0.05) is 0 Å². The first kappa shape index (κ1) is 17.4. The van der Waals surface area contributed by atoms with Gasteiger partial charge in [0.05, 0.1) is 16.2 Å². The summed E-state index contributed by atoms with van der Waals surface area (Å²) in [5.74, 6) is -1.74. The van der Waals surface area contributed by atoms with Crippen molar-refractivity contribution in [3.63, 3.8) is 0 Å². The number of anilines is 1. The fourth-order valence-electron chi connectivity index (χ4n) is 2.39. The van der Waals surface area contributed by atoms with Crippen LogP contribution in [0.1, 0.15) is 23.2 Å². The molecule has 0 atom stereocenters. The number of esters is 1. The van der Waals surface area contributed by atoms with Gasteiger partial charge in [-0.2, -0.15) is 0 Å². The lowest BCUT2D eigenvalue weighted by Gasteiger charge is -2.17. The zero-order valence-electron chi connectivity index (χ0n) is 13.4. The first-order valence-corrected chi connectivity index (χ1v) is 7.27. The molecule has 0 saturated carbocycles. The van der Waals surface area contributed by atoms with Gasteiger partial charge in [0.2, 0.25) is 5.91 Å². The van der Waals surface area contributed by atoms with Crippen LogP contribution in [0.4, 0.5) is 11.4 Å². The van der Waals surface area contributed by atoms with E-state index in [4.69, 9.17) is 4.74 Å². The van der Waals surface area contributed by atoms with E-state index < -0.39 is 23.4 Å². The summed E-state index contributed by atoms with van der Waals surface area (Å²) in [4.78, 5) is 48.5. The molecule has 1 aliphatic rings. The van der Waals surface area contributed by atoms with E-state index in [1.807, 2.05) is 0 Å². The highest BCUT2D eigenvalue weighted by molar-refractivity contribution is 6.00. The van der Waals surface area contributed by atoms with Gasteiger partial charge >= 0.3 is 5.97 Å². The first-order valence-electron chi connectivity index (χ1n) is 7.27. The van der Waals surface area contributed by atoms with Crippen LogP contribution in [0.25, 0.3) is 0 Å². The van der Waals surface area contributed by atoms with Gasteiger partial charge < -0.3 is 9.64 Å². The summed E-state index contributed by atoms with van der Waals surface area (Å²) in [6.45, 7) is -0.269. The number of nitro benzene ring substituents is 1. The Hall–Kier alpha value is -2.97. The number of imide groups is 1. The highest BCUT2D eigenvalue weighted by Crippen LogP contribution is 2.25. The normalized spacial score (nSPS) is 13.8. The van der Waals surface area contributed by atoms with Crippen LogP contribution >= 0.6 is 0 Å². The molecule has 1 fully saturated rings. The maximum atomic E-state index is 12.2. The second kappa shape index (κ2) is 7.07. The van der Waals surface area contributed by atoms with Crippen LogP contribution in [0, 0.1) is 10.1 Å². The van der Waals surface area contributed by atoms with E-state index >= 15 is 0 Å². The number of nitro groups is 1. The number of hydrogen-bond donors (Lipinski definition) is 0. The van der Waals surface area contributed by atoms with Crippen molar-refractivity contribution in [1.82, 2.24) is 4.90 Å². The largest absolute Gasteiger partial charge is 0.452 e. The molecule has 2 amide bonds. The van der Waals surface area contributed by atoms with Crippen LogP contribution in [0.5, 0.6) is 0 Å². The lowest BCUT2D eigenvalue weighted by molar-refractivity contribution is -0.384. The molecular formula is C15H17N3O6. The first-order chi connectivity index (χ1) is 11.3. The quantitative estimate of drug-likeness (QED) is 0.448.